The van der Waals surface area contributed by atoms with Gasteiger partial charge >= 0.3 is 0 Å². The first-order chi connectivity index (χ1) is 13.6. The summed E-state index contributed by atoms with van der Waals surface area (Å²) in [6.07, 6.45) is 3.13. The van der Waals surface area contributed by atoms with Crippen molar-refractivity contribution < 1.29 is 21.9 Å². The molecule has 1 aliphatic carbocycles. The van der Waals surface area contributed by atoms with Gasteiger partial charge in [-0.05, 0) is 30.7 Å². The standard InChI is InChI=1S/C19H20F2N4O3S/c1-29(26,27)25-17-6-7-19(20,21)8-15(17)12-28-16-4-2-14(3-5-16)18-23-10-13(9-22)11-24-18/h2-5,10-11,15,17,25H,6-8,12H2,1H3/t15-,17+/m1/s1. The van der Waals surface area contributed by atoms with Crippen molar-refractivity contribution in [3.8, 4) is 23.2 Å². The van der Waals surface area contributed by atoms with Crippen LogP contribution in [0.2, 0.25) is 0 Å². The van der Waals surface area contributed by atoms with E-state index in [4.69, 9.17) is 10.00 Å². The minimum Gasteiger partial charge on any atom is -0.493 e. The fourth-order valence-corrected chi connectivity index (χ4v) is 4.13. The maximum atomic E-state index is 13.8. The molecule has 1 N–H and O–H groups in total. The summed E-state index contributed by atoms with van der Waals surface area (Å²) in [5.74, 6) is -2.56. The second-order valence-electron chi connectivity index (χ2n) is 7.10. The molecule has 1 aromatic heterocycles. The van der Waals surface area contributed by atoms with Crippen LogP contribution in [-0.2, 0) is 10.0 Å². The predicted molar refractivity (Wildman–Crippen MR) is 102 cm³/mol. The second kappa shape index (κ2) is 8.39. The Balaban J connectivity index is 1.66. The molecule has 1 heterocycles. The minimum atomic E-state index is -3.50. The summed E-state index contributed by atoms with van der Waals surface area (Å²) in [5.41, 5.74) is 1.07. The molecule has 29 heavy (non-hydrogen) atoms. The van der Waals surface area contributed by atoms with E-state index in [-0.39, 0.29) is 19.4 Å². The Morgan fingerprint density at radius 1 is 1.28 bits per heavy atom. The van der Waals surface area contributed by atoms with Crippen LogP contribution in [0.15, 0.2) is 36.7 Å². The molecule has 2 aromatic rings. The number of alkyl halides is 2. The molecule has 0 unspecified atom stereocenters. The third kappa shape index (κ3) is 5.92. The second-order valence-corrected chi connectivity index (χ2v) is 8.88. The Bertz CT molecular complexity index is 990. The largest absolute Gasteiger partial charge is 0.493 e. The van der Waals surface area contributed by atoms with Crippen molar-refractivity contribution in [1.82, 2.24) is 14.7 Å². The SMILES string of the molecule is CS(=O)(=O)N[C@H]1CCC(F)(F)C[C@@H]1COc1ccc(-c2ncc(C#N)cn2)cc1. The zero-order valence-electron chi connectivity index (χ0n) is 15.7. The first-order valence-electron chi connectivity index (χ1n) is 8.96. The number of nitriles is 1. The zero-order chi connectivity index (χ0) is 21.1. The van der Waals surface area contributed by atoms with E-state index in [1.807, 2.05) is 6.07 Å². The summed E-state index contributed by atoms with van der Waals surface area (Å²) in [6, 6.07) is 8.13. The average molecular weight is 422 g/mol. The number of sulfonamides is 1. The Morgan fingerprint density at radius 2 is 1.93 bits per heavy atom. The van der Waals surface area contributed by atoms with Gasteiger partial charge in [0.2, 0.25) is 15.9 Å². The van der Waals surface area contributed by atoms with E-state index in [0.717, 1.165) is 6.26 Å². The monoisotopic (exact) mass is 422 g/mol. The molecule has 0 radical (unpaired) electrons. The highest BCUT2D eigenvalue weighted by Crippen LogP contribution is 2.37. The van der Waals surface area contributed by atoms with Crippen LogP contribution in [0.5, 0.6) is 5.75 Å². The van der Waals surface area contributed by atoms with E-state index < -0.39 is 34.3 Å². The van der Waals surface area contributed by atoms with Gasteiger partial charge in [0.1, 0.15) is 11.8 Å². The van der Waals surface area contributed by atoms with Crippen molar-refractivity contribution in [3.63, 3.8) is 0 Å². The van der Waals surface area contributed by atoms with Crippen LogP contribution in [-0.4, -0.2) is 43.2 Å². The number of halogens is 2. The molecule has 0 spiro atoms. The molecule has 1 saturated carbocycles. The molecule has 0 saturated heterocycles. The first-order valence-corrected chi connectivity index (χ1v) is 10.8. The van der Waals surface area contributed by atoms with Crippen molar-refractivity contribution in [2.24, 2.45) is 5.92 Å². The van der Waals surface area contributed by atoms with Gasteiger partial charge in [-0.1, -0.05) is 0 Å². The summed E-state index contributed by atoms with van der Waals surface area (Å²) < 4.78 is 58.8. The normalized spacial score (nSPS) is 21.3. The maximum Gasteiger partial charge on any atom is 0.248 e. The van der Waals surface area contributed by atoms with Crippen LogP contribution in [0, 0.1) is 17.2 Å². The van der Waals surface area contributed by atoms with Gasteiger partial charge in [-0.2, -0.15) is 5.26 Å². The number of benzene rings is 1. The highest BCUT2D eigenvalue weighted by molar-refractivity contribution is 7.88. The quantitative estimate of drug-likeness (QED) is 0.768. The highest BCUT2D eigenvalue weighted by atomic mass is 32.2. The molecule has 1 aromatic carbocycles. The first kappa shape index (κ1) is 21.1. The lowest BCUT2D eigenvalue weighted by Crippen LogP contribution is -2.48. The summed E-state index contributed by atoms with van der Waals surface area (Å²) in [4.78, 5) is 8.21. The van der Waals surface area contributed by atoms with Gasteiger partial charge in [0.15, 0.2) is 5.82 Å². The molecule has 3 rings (SSSR count). The summed E-state index contributed by atoms with van der Waals surface area (Å²) in [6.45, 7) is -0.0323. The number of ether oxygens (including phenoxy) is 1. The van der Waals surface area contributed by atoms with Crippen molar-refractivity contribution in [2.75, 3.05) is 12.9 Å². The van der Waals surface area contributed by atoms with Crippen LogP contribution >= 0.6 is 0 Å². The third-order valence-corrected chi connectivity index (χ3v) is 5.40. The van der Waals surface area contributed by atoms with Gasteiger partial charge in [-0.3, -0.25) is 0 Å². The molecule has 154 valence electrons. The lowest BCUT2D eigenvalue weighted by molar-refractivity contribution is -0.0660. The van der Waals surface area contributed by atoms with Gasteiger partial charge < -0.3 is 4.74 Å². The molecule has 10 heteroatoms. The summed E-state index contributed by atoms with van der Waals surface area (Å²) >= 11 is 0. The van der Waals surface area contributed by atoms with Gasteiger partial charge in [-0.25, -0.2) is 31.9 Å². The maximum absolute atomic E-state index is 13.8. The summed E-state index contributed by atoms with van der Waals surface area (Å²) in [5, 5.41) is 8.78. The van der Waals surface area contributed by atoms with Gasteiger partial charge in [-0.15, -0.1) is 0 Å². The molecular formula is C19H20F2N4O3S. The Kier molecular flexibility index (Phi) is 6.10. The van der Waals surface area contributed by atoms with Gasteiger partial charge in [0.05, 0.1) is 18.4 Å². The van der Waals surface area contributed by atoms with E-state index in [2.05, 4.69) is 14.7 Å². The molecule has 1 aliphatic rings. The van der Waals surface area contributed by atoms with Gasteiger partial charge in [0.25, 0.3) is 0 Å². The van der Waals surface area contributed by atoms with Crippen molar-refractivity contribution in [1.29, 1.82) is 5.26 Å². The van der Waals surface area contributed by atoms with Crippen LogP contribution in [0.1, 0.15) is 24.8 Å². The van der Waals surface area contributed by atoms with Crippen molar-refractivity contribution >= 4 is 10.0 Å². The summed E-state index contributed by atoms with van der Waals surface area (Å²) in [7, 11) is -3.50. The predicted octanol–water partition coefficient (Wildman–Crippen LogP) is 2.75. The Morgan fingerprint density at radius 3 is 2.52 bits per heavy atom. The third-order valence-electron chi connectivity index (χ3n) is 4.67. The van der Waals surface area contributed by atoms with Crippen molar-refractivity contribution in [3.05, 3.63) is 42.2 Å². The number of nitrogens with zero attached hydrogens (tertiary/aromatic N) is 3. The molecule has 7 nitrogen and oxygen atoms in total. The van der Waals surface area contributed by atoms with Gasteiger partial charge in [0, 0.05) is 42.8 Å². The fraction of sp³-hybridized carbons (Fsp3) is 0.421. The van der Waals surface area contributed by atoms with E-state index in [1.54, 1.807) is 24.3 Å². The molecule has 0 bridgehead atoms. The highest BCUT2D eigenvalue weighted by Gasteiger charge is 2.42. The molecule has 1 fully saturated rings. The van der Waals surface area contributed by atoms with E-state index >= 15 is 0 Å². The number of aromatic nitrogens is 2. The Hall–Kier alpha value is -2.64. The minimum absolute atomic E-state index is 0.0323. The number of hydrogen-bond acceptors (Lipinski definition) is 6. The van der Waals surface area contributed by atoms with Crippen LogP contribution < -0.4 is 9.46 Å². The van der Waals surface area contributed by atoms with Crippen LogP contribution in [0.4, 0.5) is 8.78 Å². The topological polar surface area (TPSA) is 105 Å². The Labute approximate surface area is 167 Å². The van der Waals surface area contributed by atoms with Crippen LogP contribution in [0.25, 0.3) is 11.4 Å². The molecule has 0 amide bonds. The zero-order valence-corrected chi connectivity index (χ0v) is 16.5. The van der Waals surface area contributed by atoms with Crippen molar-refractivity contribution in [2.45, 2.75) is 31.2 Å². The molecule has 0 aliphatic heterocycles. The average Bonchev–Trinajstić information content (AvgIpc) is 2.67. The fourth-order valence-electron chi connectivity index (χ4n) is 3.27. The van der Waals surface area contributed by atoms with E-state index in [9.17, 15) is 17.2 Å². The lowest BCUT2D eigenvalue weighted by atomic mass is 9.83. The number of rotatable bonds is 6. The molecule has 2 atom stereocenters. The van der Waals surface area contributed by atoms with E-state index in [0.29, 0.717) is 22.7 Å². The smallest absolute Gasteiger partial charge is 0.248 e. The lowest BCUT2D eigenvalue weighted by Gasteiger charge is -2.35. The number of nitrogens with one attached hydrogen (secondary N) is 1. The van der Waals surface area contributed by atoms with Crippen LogP contribution in [0.3, 0.4) is 0 Å². The molecular weight excluding hydrogens is 402 g/mol. The van der Waals surface area contributed by atoms with E-state index in [1.165, 1.54) is 12.4 Å². The number of hydrogen-bond donors (Lipinski definition) is 1.